The van der Waals surface area contributed by atoms with Crippen LogP contribution in [0.4, 0.5) is 5.00 Å². The number of nitrogens with zero attached hydrogens (tertiary/aromatic N) is 2. The molecule has 0 radical (unpaired) electrons. The lowest BCUT2D eigenvalue weighted by Crippen LogP contribution is -2.42. The first kappa shape index (κ1) is 25.0. The molecule has 0 spiro atoms. The maximum absolute atomic E-state index is 13.1. The molecule has 0 aliphatic heterocycles. The largest absolute Gasteiger partial charge is 0.362 e. The summed E-state index contributed by atoms with van der Waals surface area (Å²) in [6, 6.07) is 2.74. The fourth-order valence-corrected chi connectivity index (χ4v) is 6.91. The summed E-state index contributed by atoms with van der Waals surface area (Å²) in [6.07, 6.45) is 4.75. The molecular weight excluding hydrogens is 488 g/mol. The fraction of sp³-hybridized carbons (Fsp3) is 0.583. The molecule has 8 heteroatoms. The SMILES string of the molecule is CCN(c1sc(Br)c(C(=O)NCc2c(C)[nH]c(C)cc2=O)c1C)C1CCC(N(C)C)CC1. The number of rotatable bonds is 7. The smallest absolute Gasteiger partial charge is 0.253 e. The highest BCUT2D eigenvalue weighted by molar-refractivity contribution is 9.11. The molecule has 1 fully saturated rings. The molecule has 2 heterocycles. The normalized spacial score (nSPS) is 18.8. The van der Waals surface area contributed by atoms with Gasteiger partial charge in [-0.25, -0.2) is 0 Å². The van der Waals surface area contributed by atoms with E-state index < -0.39 is 0 Å². The number of anilines is 1. The van der Waals surface area contributed by atoms with Gasteiger partial charge in [0.25, 0.3) is 5.91 Å². The molecular formula is C24H35BrN4O2S. The highest BCUT2D eigenvalue weighted by atomic mass is 79.9. The topological polar surface area (TPSA) is 68.4 Å². The Morgan fingerprint density at radius 2 is 1.81 bits per heavy atom. The van der Waals surface area contributed by atoms with Gasteiger partial charge in [0, 0.05) is 48.2 Å². The van der Waals surface area contributed by atoms with E-state index >= 15 is 0 Å². The van der Waals surface area contributed by atoms with Crippen molar-refractivity contribution in [1.29, 1.82) is 0 Å². The summed E-state index contributed by atoms with van der Waals surface area (Å²) in [5.41, 5.74) is 3.84. The van der Waals surface area contributed by atoms with E-state index in [-0.39, 0.29) is 17.9 Å². The van der Waals surface area contributed by atoms with E-state index in [2.05, 4.69) is 57.0 Å². The van der Waals surface area contributed by atoms with Gasteiger partial charge >= 0.3 is 0 Å². The summed E-state index contributed by atoms with van der Waals surface area (Å²) in [7, 11) is 4.33. The molecule has 2 aromatic heterocycles. The Labute approximate surface area is 203 Å². The lowest BCUT2D eigenvalue weighted by molar-refractivity contribution is 0.0950. The van der Waals surface area contributed by atoms with Crippen molar-refractivity contribution in [2.75, 3.05) is 25.5 Å². The highest BCUT2D eigenvalue weighted by Crippen LogP contribution is 2.41. The summed E-state index contributed by atoms with van der Waals surface area (Å²) in [5.74, 6) is -0.149. The Bertz CT molecular complexity index is 1020. The molecule has 2 N–H and O–H groups in total. The number of carbonyl (C=O) groups excluding carboxylic acids is 1. The van der Waals surface area contributed by atoms with Gasteiger partial charge in [-0.3, -0.25) is 9.59 Å². The molecule has 0 unspecified atom stereocenters. The molecule has 2 aromatic rings. The van der Waals surface area contributed by atoms with E-state index in [1.54, 1.807) is 17.4 Å². The lowest BCUT2D eigenvalue weighted by atomic mass is 9.89. The summed E-state index contributed by atoms with van der Waals surface area (Å²) in [5, 5.41) is 4.13. The molecule has 6 nitrogen and oxygen atoms in total. The van der Waals surface area contributed by atoms with Crippen molar-refractivity contribution in [1.82, 2.24) is 15.2 Å². The Morgan fingerprint density at radius 3 is 2.38 bits per heavy atom. The third-order valence-electron chi connectivity index (χ3n) is 6.65. The van der Waals surface area contributed by atoms with E-state index in [1.807, 2.05) is 20.8 Å². The van der Waals surface area contributed by atoms with Gasteiger partial charge in [-0.05, 0) is 89.0 Å². The van der Waals surface area contributed by atoms with Crippen LogP contribution in [0, 0.1) is 20.8 Å². The van der Waals surface area contributed by atoms with Crippen LogP contribution in [-0.4, -0.2) is 48.5 Å². The maximum atomic E-state index is 13.1. The van der Waals surface area contributed by atoms with Crippen LogP contribution >= 0.6 is 27.3 Å². The van der Waals surface area contributed by atoms with Crippen molar-refractivity contribution in [3.63, 3.8) is 0 Å². The van der Waals surface area contributed by atoms with E-state index in [1.165, 1.54) is 30.7 Å². The first-order chi connectivity index (χ1) is 15.1. The van der Waals surface area contributed by atoms with E-state index in [0.717, 1.165) is 27.3 Å². The van der Waals surface area contributed by atoms with Gasteiger partial charge in [-0.2, -0.15) is 0 Å². The average molecular weight is 524 g/mol. The van der Waals surface area contributed by atoms with Gasteiger partial charge < -0.3 is 20.1 Å². The van der Waals surface area contributed by atoms with Crippen LogP contribution in [0.2, 0.25) is 0 Å². The molecule has 1 aliphatic carbocycles. The number of pyridine rings is 1. The molecule has 1 saturated carbocycles. The number of aromatic nitrogens is 1. The van der Waals surface area contributed by atoms with Crippen LogP contribution in [0.15, 0.2) is 14.6 Å². The minimum atomic E-state index is -0.149. The molecule has 3 rings (SSSR count). The molecule has 0 aromatic carbocycles. The van der Waals surface area contributed by atoms with Crippen LogP contribution in [0.1, 0.15) is 65.5 Å². The number of aryl methyl sites for hydroxylation is 2. The first-order valence-electron chi connectivity index (χ1n) is 11.3. The lowest BCUT2D eigenvalue weighted by Gasteiger charge is -2.39. The van der Waals surface area contributed by atoms with Gasteiger partial charge in [-0.1, -0.05) is 0 Å². The van der Waals surface area contributed by atoms with Gasteiger partial charge in [0.15, 0.2) is 5.43 Å². The second kappa shape index (κ2) is 10.5. The fourth-order valence-electron chi connectivity index (χ4n) is 4.81. The first-order valence-corrected chi connectivity index (χ1v) is 12.9. The predicted molar refractivity (Wildman–Crippen MR) is 137 cm³/mol. The number of hydrogen-bond donors (Lipinski definition) is 2. The zero-order valence-corrected chi connectivity index (χ0v) is 22.4. The number of nitrogens with one attached hydrogen (secondary N) is 2. The van der Waals surface area contributed by atoms with Crippen molar-refractivity contribution in [3.8, 4) is 0 Å². The second-order valence-corrected chi connectivity index (χ2v) is 11.3. The monoisotopic (exact) mass is 522 g/mol. The van der Waals surface area contributed by atoms with E-state index in [0.29, 0.717) is 23.2 Å². The number of H-pyrrole nitrogens is 1. The molecule has 0 saturated heterocycles. The molecule has 32 heavy (non-hydrogen) atoms. The highest BCUT2D eigenvalue weighted by Gasteiger charge is 2.30. The van der Waals surface area contributed by atoms with Crippen LogP contribution in [0.25, 0.3) is 0 Å². The molecule has 1 amide bonds. The molecule has 0 atom stereocenters. The average Bonchev–Trinajstić information content (AvgIpc) is 3.02. The van der Waals surface area contributed by atoms with E-state index in [9.17, 15) is 9.59 Å². The van der Waals surface area contributed by atoms with Gasteiger partial charge in [0.1, 0.15) is 0 Å². The Kier molecular flexibility index (Phi) is 8.22. The number of amides is 1. The quantitative estimate of drug-likeness (QED) is 0.550. The minimum absolute atomic E-state index is 0.0497. The Balaban J connectivity index is 1.76. The number of aromatic amines is 1. The van der Waals surface area contributed by atoms with Crippen molar-refractivity contribution < 1.29 is 4.79 Å². The number of thiophene rings is 1. The third-order valence-corrected chi connectivity index (χ3v) is 8.65. The Morgan fingerprint density at radius 1 is 1.19 bits per heavy atom. The van der Waals surface area contributed by atoms with Gasteiger partial charge in [0.2, 0.25) is 0 Å². The summed E-state index contributed by atoms with van der Waals surface area (Å²) in [6.45, 7) is 9.08. The van der Waals surface area contributed by atoms with Crippen LogP contribution < -0.4 is 15.6 Å². The Hall–Kier alpha value is -1.64. The minimum Gasteiger partial charge on any atom is -0.362 e. The van der Waals surface area contributed by atoms with E-state index in [4.69, 9.17) is 0 Å². The molecule has 0 bridgehead atoms. The predicted octanol–water partition coefficient (Wildman–Crippen LogP) is 4.75. The third kappa shape index (κ3) is 5.29. The maximum Gasteiger partial charge on any atom is 0.253 e. The zero-order valence-electron chi connectivity index (χ0n) is 20.0. The van der Waals surface area contributed by atoms with Crippen LogP contribution in [-0.2, 0) is 6.54 Å². The van der Waals surface area contributed by atoms with Crippen molar-refractivity contribution in [2.45, 2.75) is 72.0 Å². The number of hydrogen-bond acceptors (Lipinski definition) is 5. The van der Waals surface area contributed by atoms with Gasteiger partial charge in [0.05, 0.1) is 14.4 Å². The molecule has 1 aliphatic rings. The van der Waals surface area contributed by atoms with Crippen molar-refractivity contribution >= 4 is 38.2 Å². The number of halogens is 1. The standard InChI is InChI=1S/C24H35BrN4O2S/c1-7-29(18-10-8-17(9-11-18)28(5)6)24-15(3)21(22(25)32-24)23(31)26-13-19-16(4)27-14(2)12-20(19)30/h12,17-18H,7-11,13H2,1-6H3,(H,26,31)(H,27,30). The summed E-state index contributed by atoms with van der Waals surface area (Å²) in [4.78, 5) is 33.4. The summed E-state index contributed by atoms with van der Waals surface area (Å²) >= 11 is 5.28. The van der Waals surface area contributed by atoms with Gasteiger partial charge in [-0.15, -0.1) is 11.3 Å². The van der Waals surface area contributed by atoms with Crippen molar-refractivity contribution in [3.05, 3.63) is 48.2 Å². The summed E-state index contributed by atoms with van der Waals surface area (Å²) < 4.78 is 0.845. The van der Waals surface area contributed by atoms with Crippen LogP contribution in [0.5, 0.6) is 0 Å². The number of carbonyl (C=O) groups is 1. The van der Waals surface area contributed by atoms with Crippen LogP contribution in [0.3, 0.4) is 0 Å². The van der Waals surface area contributed by atoms with Crippen molar-refractivity contribution in [2.24, 2.45) is 0 Å². The molecule has 176 valence electrons. The second-order valence-electron chi connectivity index (χ2n) is 9.00. The zero-order chi connectivity index (χ0) is 23.6.